The predicted molar refractivity (Wildman–Crippen MR) is 140 cm³/mol. The zero-order chi connectivity index (χ0) is 25.8. The Labute approximate surface area is 216 Å². The van der Waals surface area contributed by atoms with Gasteiger partial charge in [0.25, 0.3) is 0 Å². The lowest BCUT2D eigenvalue weighted by Crippen LogP contribution is -2.38. The number of carbonyl (C=O) groups excluding carboxylic acids is 2. The number of nitrogens with zero attached hydrogens (tertiary/aromatic N) is 3. The topological polar surface area (TPSA) is 76.5 Å². The van der Waals surface area contributed by atoms with E-state index in [4.69, 9.17) is 27.9 Å². The number of halogens is 2. The molecular weight excluding hydrogens is 487 g/mol. The molecule has 0 atom stereocenters. The summed E-state index contributed by atoms with van der Waals surface area (Å²) in [5.74, 6) is 0.746. The number of rotatable bonds is 8. The summed E-state index contributed by atoms with van der Waals surface area (Å²) in [7, 11) is 1.59. The Bertz CT molecular complexity index is 1200. The highest BCUT2D eigenvalue weighted by Crippen LogP contribution is 2.29. The molecule has 1 N–H and O–H groups in total. The second-order valence-electron chi connectivity index (χ2n) is 9.16. The highest BCUT2D eigenvalue weighted by molar-refractivity contribution is 6.42. The average Bonchev–Trinajstić information content (AvgIpc) is 3.24. The Morgan fingerprint density at radius 3 is 2.31 bits per heavy atom. The average molecular weight is 517 g/mol. The molecule has 0 saturated carbocycles. The van der Waals surface area contributed by atoms with Gasteiger partial charge in [0.15, 0.2) is 0 Å². The fraction of sp³-hybridized carbons (Fsp3) is 0.346. The van der Waals surface area contributed by atoms with Crippen LogP contribution in [-0.2, 0) is 21.4 Å². The van der Waals surface area contributed by atoms with E-state index in [-0.39, 0.29) is 30.2 Å². The second-order valence-corrected chi connectivity index (χ2v) is 9.97. The second kappa shape index (κ2) is 11.1. The first kappa shape index (κ1) is 26.6. The van der Waals surface area contributed by atoms with Crippen molar-refractivity contribution in [2.45, 2.75) is 39.5 Å². The molecule has 0 radical (unpaired) electrons. The van der Waals surface area contributed by atoms with Gasteiger partial charge in [-0.25, -0.2) is 4.68 Å². The molecule has 0 saturated heterocycles. The molecule has 3 aromatic rings. The van der Waals surface area contributed by atoms with Crippen molar-refractivity contribution in [2.24, 2.45) is 0 Å². The zero-order valence-corrected chi connectivity index (χ0v) is 22.1. The molecular formula is C26H30Cl2N4O3. The summed E-state index contributed by atoms with van der Waals surface area (Å²) in [6.45, 7) is 8.28. The van der Waals surface area contributed by atoms with E-state index in [1.54, 1.807) is 30.0 Å². The highest BCUT2D eigenvalue weighted by Gasteiger charge is 2.23. The van der Waals surface area contributed by atoms with Crippen molar-refractivity contribution in [3.63, 3.8) is 0 Å². The Morgan fingerprint density at radius 1 is 1.06 bits per heavy atom. The minimum absolute atomic E-state index is 0.0805. The molecule has 2 amide bonds. The standard InChI is InChI=1S/C26H30Cl2N4O3/c1-6-31(25(34)13-17-7-10-19(35-5)11-8-17)16-24(33)29-23-15-22(26(2,3)4)30-32(23)18-9-12-20(27)21(28)14-18/h7-12,14-15H,6,13,16H2,1-5H3,(H,29,33). The van der Waals surface area contributed by atoms with Gasteiger partial charge in [-0.15, -0.1) is 0 Å². The molecule has 35 heavy (non-hydrogen) atoms. The van der Waals surface area contributed by atoms with E-state index < -0.39 is 0 Å². The van der Waals surface area contributed by atoms with Gasteiger partial charge in [0.05, 0.1) is 41.5 Å². The summed E-state index contributed by atoms with van der Waals surface area (Å²) in [6.07, 6.45) is 0.195. The van der Waals surface area contributed by atoms with E-state index in [0.29, 0.717) is 28.1 Å². The fourth-order valence-electron chi connectivity index (χ4n) is 3.41. The summed E-state index contributed by atoms with van der Waals surface area (Å²) in [4.78, 5) is 27.3. The van der Waals surface area contributed by atoms with Gasteiger partial charge in [0, 0.05) is 18.0 Å². The molecule has 0 aliphatic carbocycles. The Kier molecular flexibility index (Phi) is 8.46. The van der Waals surface area contributed by atoms with E-state index in [1.807, 2.05) is 58.0 Å². The number of anilines is 1. The van der Waals surface area contributed by atoms with Crippen LogP contribution in [0.2, 0.25) is 10.0 Å². The normalized spacial score (nSPS) is 11.3. The van der Waals surface area contributed by atoms with Crippen molar-refractivity contribution in [2.75, 3.05) is 25.5 Å². The van der Waals surface area contributed by atoms with E-state index in [9.17, 15) is 9.59 Å². The first-order chi connectivity index (χ1) is 16.5. The lowest BCUT2D eigenvalue weighted by Gasteiger charge is -2.20. The monoisotopic (exact) mass is 516 g/mol. The number of aromatic nitrogens is 2. The number of benzene rings is 2. The molecule has 0 unspecified atom stereocenters. The summed E-state index contributed by atoms with van der Waals surface area (Å²) in [6, 6.07) is 14.3. The van der Waals surface area contributed by atoms with Crippen LogP contribution in [0.4, 0.5) is 5.82 Å². The molecule has 9 heteroatoms. The van der Waals surface area contributed by atoms with Crippen molar-refractivity contribution >= 4 is 40.8 Å². The van der Waals surface area contributed by atoms with Gasteiger partial charge in [-0.05, 0) is 42.8 Å². The first-order valence-corrected chi connectivity index (χ1v) is 12.0. The minimum Gasteiger partial charge on any atom is -0.497 e. The largest absolute Gasteiger partial charge is 0.497 e. The molecule has 1 heterocycles. The highest BCUT2D eigenvalue weighted by atomic mass is 35.5. The maximum atomic E-state index is 13.0. The molecule has 0 aliphatic rings. The predicted octanol–water partition coefficient (Wildman–Crippen LogP) is 5.51. The SMILES string of the molecule is CCN(CC(=O)Nc1cc(C(C)(C)C)nn1-c1ccc(Cl)c(Cl)c1)C(=O)Cc1ccc(OC)cc1. The molecule has 3 rings (SSSR count). The van der Waals surface area contributed by atoms with Crippen LogP contribution < -0.4 is 10.1 Å². The van der Waals surface area contributed by atoms with Crippen LogP contribution >= 0.6 is 23.2 Å². The van der Waals surface area contributed by atoms with Gasteiger partial charge < -0.3 is 15.0 Å². The van der Waals surface area contributed by atoms with E-state index in [0.717, 1.165) is 17.0 Å². The zero-order valence-electron chi connectivity index (χ0n) is 20.6. The smallest absolute Gasteiger partial charge is 0.245 e. The number of hydrogen-bond donors (Lipinski definition) is 1. The van der Waals surface area contributed by atoms with Crippen LogP contribution in [0.1, 0.15) is 39.0 Å². The molecule has 186 valence electrons. The van der Waals surface area contributed by atoms with Gasteiger partial charge in [-0.2, -0.15) is 5.10 Å². The van der Waals surface area contributed by atoms with Crippen LogP contribution in [0.5, 0.6) is 5.75 Å². The van der Waals surface area contributed by atoms with Gasteiger partial charge >= 0.3 is 0 Å². The van der Waals surface area contributed by atoms with Crippen LogP contribution in [0.3, 0.4) is 0 Å². The number of carbonyl (C=O) groups is 2. The Hall–Kier alpha value is -3.03. The Balaban J connectivity index is 1.77. The molecule has 0 fully saturated rings. The lowest BCUT2D eigenvalue weighted by atomic mass is 9.92. The number of nitrogens with one attached hydrogen (secondary N) is 1. The molecule has 2 aromatic carbocycles. The molecule has 1 aromatic heterocycles. The summed E-state index contributed by atoms with van der Waals surface area (Å²) >= 11 is 12.3. The van der Waals surface area contributed by atoms with Crippen molar-refractivity contribution in [1.82, 2.24) is 14.7 Å². The van der Waals surface area contributed by atoms with Gasteiger partial charge in [0.2, 0.25) is 11.8 Å². The fourth-order valence-corrected chi connectivity index (χ4v) is 3.70. The van der Waals surface area contributed by atoms with Crippen LogP contribution in [0.15, 0.2) is 48.5 Å². The summed E-state index contributed by atoms with van der Waals surface area (Å²) < 4.78 is 6.78. The van der Waals surface area contributed by atoms with Gasteiger partial charge in [-0.3, -0.25) is 9.59 Å². The third-order valence-corrected chi connectivity index (χ3v) is 6.22. The van der Waals surface area contributed by atoms with E-state index in [2.05, 4.69) is 10.4 Å². The molecule has 0 bridgehead atoms. The van der Waals surface area contributed by atoms with Gasteiger partial charge in [0.1, 0.15) is 11.6 Å². The maximum absolute atomic E-state index is 13.0. The lowest BCUT2D eigenvalue weighted by molar-refractivity contribution is -0.133. The van der Waals surface area contributed by atoms with Crippen molar-refractivity contribution in [1.29, 1.82) is 0 Å². The van der Waals surface area contributed by atoms with Crippen LogP contribution in [-0.4, -0.2) is 46.7 Å². The quantitative estimate of drug-likeness (QED) is 0.427. The van der Waals surface area contributed by atoms with Crippen LogP contribution in [0.25, 0.3) is 5.69 Å². The van der Waals surface area contributed by atoms with Crippen molar-refractivity contribution in [3.8, 4) is 11.4 Å². The molecule has 7 nitrogen and oxygen atoms in total. The number of ether oxygens (including phenoxy) is 1. The molecule has 0 aliphatic heterocycles. The minimum atomic E-state index is -0.323. The van der Waals surface area contributed by atoms with Gasteiger partial charge in [-0.1, -0.05) is 56.1 Å². The number of methoxy groups -OCH3 is 1. The van der Waals surface area contributed by atoms with Crippen molar-refractivity contribution in [3.05, 3.63) is 69.8 Å². The first-order valence-electron chi connectivity index (χ1n) is 11.3. The maximum Gasteiger partial charge on any atom is 0.245 e. The van der Waals surface area contributed by atoms with E-state index in [1.165, 1.54) is 4.90 Å². The van der Waals surface area contributed by atoms with E-state index >= 15 is 0 Å². The van der Waals surface area contributed by atoms with Crippen LogP contribution in [0, 0.1) is 0 Å². The number of hydrogen-bond acceptors (Lipinski definition) is 4. The summed E-state index contributed by atoms with van der Waals surface area (Å²) in [5.41, 5.74) is 2.06. The Morgan fingerprint density at radius 2 is 1.74 bits per heavy atom. The molecule has 0 spiro atoms. The number of amides is 2. The van der Waals surface area contributed by atoms with Crippen molar-refractivity contribution < 1.29 is 14.3 Å². The third kappa shape index (κ3) is 6.77. The number of likely N-dealkylation sites (N-methyl/N-ethyl adjacent to an activating group) is 1. The third-order valence-electron chi connectivity index (χ3n) is 5.48. The summed E-state index contributed by atoms with van der Waals surface area (Å²) in [5, 5.41) is 8.41.